The Hall–Kier alpha value is -6.73. The number of carbonyl (C=O) groups excluding carboxylic acids is 4. The number of ketones is 1. The van der Waals surface area contributed by atoms with E-state index < -0.39 is 0 Å². The Kier molecular flexibility index (Phi) is 12.0. The number of para-hydroxylation sites is 3. The standard InChI is InChI=1S/C47H47N5O8/c1-29-19-39(53)11-12-40(29)51-38-24-36-22-34-9-3-7-32-20-30-5-2-6-31-21-33-8-4-10-35(23-37(25-38)44(36)57)47(33)60-28-43(56)50-15-18-52(16-13-48-41(54)26-58-45(30)31)17-14-49-42(55)27-59-46(32)34/h2-12,19,24-25,57H,13-18,20-23,26-28H2,1H3,(H,48,54)(H,49,55)(H,50,56). The number of aliphatic imine (C=N–C) groups is 1. The number of aromatic hydroxyl groups is 1. The number of phenolic OH excluding ortho intramolecular Hbond substituents is 1. The lowest BCUT2D eigenvalue weighted by Crippen LogP contribution is -2.44. The minimum atomic E-state index is -0.312. The van der Waals surface area contributed by atoms with Crippen molar-refractivity contribution >= 4 is 34.9 Å². The Balaban J connectivity index is 1.35. The Morgan fingerprint density at radius 2 is 0.950 bits per heavy atom. The number of nitrogens with zero attached hydrogens (tertiary/aromatic N) is 2. The van der Waals surface area contributed by atoms with Crippen LogP contribution in [-0.4, -0.2) is 98.3 Å². The van der Waals surface area contributed by atoms with Gasteiger partial charge < -0.3 is 35.3 Å². The summed E-state index contributed by atoms with van der Waals surface area (Å²) in [7, 11) is 0. The van der Waals surface area contributed by atoms with E-state index in [4.69, 9.17) is 19.2 Å². The summed E-state index contributed by atoms with van der Waals surface area (Å²) in [6.45, 7) is 3.49. The molecule has 0 aromatic heterocycles. The molecule has 0 radical (unpaired) electrons. The van der Waals surface area contributed by atoms with Crippen molar-refractivity contribution < 1.29 is 38.5 Å². The first-order valence-electron chi connectivity index (χ1n) is 20.2. The second kappa shape index (κ2) is 18.0. The molecular weight excluding hydrogens is 763 g/mol. The van der Waals surface area contributed by atoms with Gasteiger partial charge in [-0.25, -0.2) is 4.99 Å². The molecule has 13 nitrogen and oxygen atoms in total. The molecule has 4 aromatic rings. The van der Waals surface area contributed by atoms with Gasteiger partial charge in [-0.3, -0.25) is 24.1 Å². The van der Waals surface area contributed by atoms with E-state index in [2.05, 4.69) is 20.9 Å². The number of ether oxygens (including phenoxy) is 3. The average Bonchev–Trinajstić information content (AvgIpc) is 3.21. The highest BCUT2D eigenvalue weighted by molar-refractivity contribution is 6.20. The third kappa shape index (κ3) is 9.42. The molecule has 2 aliphatic carbocycles. The van der Waals surface area contributed by atoms with Gasteiger partial charge in [0, 0.05) is 76.1 Å². The van der Waals surface area contributed by atoms with Crippen LogP contribution in [0.25, 0.3) is 0 Å². The van der Waals surface area contributed by atoms with E-state index >= 15 is 0 Å². The molecule has 2 heterocycles. The summed E-state index contributed by atoms with van der Waals surface area (Å²) in [5.74, 6) is 0.591. The number of hydrogen-bond donors (Lipinski definition) is 4. The first-order valence-corrected chi connectivity index (χ1v) is 20.2. The fraction of sp³-hybridized carbons (Fsp3) is 0.298. The summed E-state index contributed by atoms with van der Waals surface area (Å²) >= 11 is 0. The van der Waals surface area contributed by atoms with Gasteiger partial charge in [-0.15, -0.1) is 0 Å². The van der Waals surface area contributed by atoms with Gasteiger partial charge in [0.05, 0.1) is 11.4 Å². The predicted octanol–water partition coefficient (Wildman–Crippen LogP) is 4.04. The van der Waals surface area contributed by atoms with Gasteiger partial charge >= 0.3 is 0 Å². The third-order valence-corrected chi connectivity index (χ3v) is 11.0. The number of carbonyl (C=O) groups is 4. The van der Waals surface area contributed by atoms with E-state index in [9.17, 15) is 24.3 Å². The van der Waals surface area contributed by atoms with Crippen molar-refractivity contribution in [2.24, 2.45) is 4.99 Å². The molecule has 0 fully saturated rings. The van der Waals surface area contributed by atoms with Crippen LogP contribution in [0.3, 0.4) is 0 Å². The van der Waals surface area contributed by atoms with Crippen LogP contribution in [0.2, 0.25) is 0 Å². The van der Waals surface area contributed by atoms with Crippen LogP contribution in [0.5, 0.6) is 23.0 Å². The minimum Gasteiger partial charge on any atom is -0.507 e. The first kappa shape index (κ1) is 40.1. The monoisotopic (exact) mass is 809 g/mol. The molecule has 2 aliphatic heterocycles. The molecule has 0 spiro atoms. The van der Waals surface area contributed by atoms with Crippen LogP contribution >= 0.6 is 0 Å². The highest BCUT2D eigenvalue weighted by Crippen LogP contribution is 2.40. The second-order valence-corrected chi connectivity index (χ2v) is 15.4. The van der Waals surface area contributed by atoms with Crippen LogP contribution in [0.1, 0.15) is 51.4 Å². The summed E-state index contributed by atoms with van der Waals surface area (Å²) in [6.07, 6.45) is 5.79. The largest absolute Gasteiger partial charge is 0.507 e. The maximum absolute atomic E-state index is 13.4. The molecule has 13 heteroatoms. The highest BCUT2D eigenvalue weighted by atomic mass is 16.5. The maximum Gasteiger partial charge on any atom is 0.257 e. The predicted molar refractivity (Wildman–Crippen MR) is 226 cm³/mol. The number of phenols is 1. The summed E-state index contributed by atoms with van der Waals surface area (Å²) < 4.78 is 19.4. The van der Waals surface area contributed by atoms with Crippen LogP contribution in [0.4, 0.5) is 5.69 Å². The molecule has 0 saturated heterocycles. The number of benzene rings is 4. The minimum absolute atomic E-state index is 0.0585. The number of rotatable bonds is 1. The molecule has 4 N–H and O–H groups in total. The SMILES string of the molecule is CC1=CC(=O)C=CC1=Nc1cc2c(O)c(c1)Cc1cccc3c1OCC(=O)NCCN1CCNC(=O)COc4c(cccc4Cc4cccc(c4OCC(=O)NCC1)C3)C2. The lowest BCUT2D eigenvalue weighted by Gasteiger charge is -2.24. The molecule has 12 bridgehead atoms. The molecule has 3 amide bonds. The zero-order valence-electron chi connectivity index (χ0n) is 33.5. The number of amides is 3. The molecule has 0 unspecified atom stereocenters. The lowest BCUT2D eigenvalue weighted by molar-refractivity contribution is -0.123. The Morgan fingerprint density at radius 1 is 0.567 bits per heavy atom. The van der Waals surface area contributed by atoms with E-state index in [1.165, 1.54) is 12.2 Å². The highest BCUT2D eigenvalue weighted by Gasteiger charge is 2.24. The molecule has 4 aromatic carbocycles. The Morgan fingerprint density at radius 3 is 1.33 bits per heavy atom. The molecular formula is C47H47N5O8. The van der Waals surface area contributed by atoms with Crippen molar-refractivity contribution in [2.45, 2.75) is 32.6 Å². The van der Waals surface area contributed by atoms with Crippen molar-refractivity contribution in [3.63, 3.8) is 0 Å². The zero-order chi connectivity index (χ0) is 41.6. The summed E-state index contributed by atoms with van der Waals surface area (Å²) in [4.78, 5) is 59.2. The van der Waals surface area contributed by atoms with Gasteiger partial charge in [-0.1, -0.05) is 54.6 Å². The van der Waals surface area contributed by atoms with Crippen LogP contribution < -0.4 is 30.2 Å². The van der Waals surface area contributed by atoms with E-state index in [1.807, 2.05) is 73.7 Å². The molecule has 308 valence electrons. The molecule has 8 rings (SSSR count). The third-order valence-electron chi connectivity index (χ3n) is 11.0. The molecule has 0 atom stereocenters. The van der Waals surface area contributed by atoms with Gasteiger partial charge in [0.25, 0.3) is 17.7 Å². The maximum atomic E-state index is 13.4. The van der Waals surface area contributed by atoms with Gasteiger partial charge in [0.15, 0.2) is 25.6 Å². The smallest absolute Gasteiger partial charge is 0.257 e. The van der Waals surface area contributed by atoms with Crippen LogP contribution in [0.15, 0.2) is 95.5 Å². The fourth-order valence-corrected chi connectivity index (χ4v) is 8.06. The summed E-state index contributed by atoms with van der Waals surface area (Å²) in [5, 5.41) is 21.0. The van der Waals surface area contributed by atoms with Crippen LogP contribution in [0, 0.1) is 0 Å². The number of nitrogens with one attached hydrogen (secondary N) is 3. The van der Waals surface area contributed by atoms with E-state index in [0.29, 0.717) is 97.5 Å². The van der Waals surface area contributed by atoms with Crippen molar-refractivity contribution in [2.75, 3.05) is 59.1 Å². The van der Waals surface area contributed by atoms with Gasteiger partial charge in [0.2, 0.25) is 0 Å². The van der Waals surface area contributed by atoms with E-state index in [1.54, 1.807) is 6.08 Å². The fourth-order valence-electron chi connectivity index (χ4n) is 8.06. The normalized spacial score (nSPS) is 18.6. The topological polar surface area (TPSA) is 168 Å². The van der Waals surface area contributed by atoms with Gasteiger partial charge in [0.1, 0.15) is 23.0 Å². The van der Waals surface area contributed by atoms with E-state index in [-0.39, 0.29) is 61.9 Å². The van der Waals surface area contributed by atoms with Crippen molar-refractivity contribution in [3.05, 3.63) is 135 Å². The lowest BCUT2D eigenvalue weighted by atomic mass is 9.91. The van der Waals surface area contributed by atoms with Crippen LogP contribution in [-0.2, 0) is 44.9 Å². The van der Waals surface area contributed by atoms with Gasteiger partial charge in [-0.05, 0) is 76.2 Å². The zero-order valence-corrected chi connectivity index (χ0v) is 33.5. The first-order chi connectivity index (χ1) is 29.2. The quantitative estimate of drug-likeness (QED) is 0.144. The number of allylic oxidation sites excluding steroid dienone is 4. The van der Waals surface area contributed by atoms with Crippen molar-refractivity contribution in [1.82, 2.24) is 20.9 Å². The summed E-state index contributed by atoms with van der Waals surface area (Å²) in [6, 6.07) is 21.1. The van der Waals surface area contributed by atoms with E-state index in [0.717, 1.165) is 33.4 Å². The Bertz CT molecular complexity index is 2330. The second-order valence-electron chi connectivity index (χ2n) is 15.4. The number of hydrogen-bond acceptors (Lipinski definition) is 10. The molecule has 60 heavy (non-hydrogen) atoms. The van der Waals surface area contributed by atoms with Crippen molar-refractivity contribution in [3.8, 4) is 23.0 Å². The molecule has 0 saturated carbocycles. The molecule has 4 aliphatic rings. The summed E-state index contributed by atoms with van der Waals surface area (Å²) in [5.41, 5.74) is 7.64. The van der Waals surface area contributed by atoms with Gasteiger partial charge in [-0.2, -0.15) is 0 Å². The van der Waals surface area contributed by atoms with Crippen molar-refractivity contribution in [1.29, 1.82) is 0 Å². The average molecular weight is 810 g/mol. The Labute approximate surface area is 348 Å². The number of fused-ring (bicyclic) bond motifs is 8.